The number of rotatable bonds is 4. The fourth-order valence-electron chi connectivity index (χ4n) is 1.84. The largest absolute Gasteiger partial charge is 0.379 e. The van der Waals surface area contributed by atoms with Gasteiger partial charge in [0.2, 0.25) is 0 Å². The van der Waals surface area contributed by atoms with Gasteiger partial charge in [0, 0.05) is 11.6 Å². The molecule has 0 aliphatic carbocycles. The van der Waals surface area contributed by atoms with Gasteiger partial charge >= 0.3 is 10.1 Å². The van der Waals surface area contributed by atoms with E-state index in [4.69, 9.17) is 4.18 Å². The molecular formula is C14H13NO5S. The van der Waals surface area contributed by atoms with Crippen LogP contribution in [-0.2, 0) is 10.1 Å². The van der Waals surface area contributed by atoms with Crippen LogP contribution in [0.5, 0.6) is 5.75 Å². The van der Waals surface area contributed by atoms with Crippen molar-refractivity contribution in [3.05, 3.63) is 63.7 Å². The van der Waals surface area contributed by atoms with Crippen LogP contribution in [0.25, 0.3) is 0 Å². The smallest absolute Gasteiger partial charge is 0.339 e. The lowest BCUT2D eigenvalue weighted by Gasteiger charge is -2.09. The third-order valence-corrected chi connectivity index (χ3v) is 4.34. The Morgan fingerprint density at radius 3 is 2.24 bits per heavy atom. The van der Waals surface area contributed by atoms with E-state index in [1.54, 1.807) is 12.1 Å². The van der Waals surface area contributed by atoms with Crippen LogP contribution < -0.4 is 4.18 Å². The van der Waals surface area contributed by atoms with Crippen molar-refractivity contribution < 1.29 is 17.5 Å². The number of nitrogens with zero attached hydrogens (tertiary/aromatic N) is 1. The first-order valence-corrected chi connectivity index (χ1v) is 7.47. The first-order valence-electron chi connectivity index (χ1n) is 6.06. The molecule has 0 saturated carbocycles. The van der Waals surface area contributed by atoms with Gasteiger partial charge in [-0.3, -0.25) is 10.1 Å². The van der Waals surface area contributed by atoms with E-state index in [-0.39, 0.29) is 21.9 Å². The Labute approximate surface area is 122 Å². The summed E-state index contributed by atoms with van der Waals surface area (Å²) in [7, 11) is -4.12. The summed E-state index contributed by atoms with van der Waals surface area (Å²) in [6.07, 6.45) is 0. The molecule has 0 amide bonds. The van der Waals surface area contributed by atoms with Gasteiger partial charge in [0.1, 0.15) is 10.6 Å². The van der Waals surface area contributed by atoms with E-state index >= 15 is 0 Å². The molecule has 0 atom stereocenters. The standard InChI is InChI=1S/C14H13NO5S/c1-10-6-8-12(9-7-10)20-21(18,19)14-5-3-4-13(11(14)2)15(16)17/h3-9H,1-2H3. The molecule has 0 radical (unpaired) electrons. The predicted octanol–water partition coefficient (Wildman–Crippen LogP) is 2.98. The summed E-state index contributed by atoms with van der Waals surface area (Å²) in [5, 5.41) is 10.9. The number of aryl methyl sites for hydroxylation is 1. The second kappa shape index (κ2) is 5.53. The molecule has 0 saturated heterocycles. The van der Waals surface area contributed by atoms with Gasteiger partial charge in [0.05, 0.1) is 4.92 Å². The summed E-state index contributed by atoms with van der Waals surface area (Å²) < 4.78 is 29.5. The maximum atomic E-state index is 12.2. The lowest BCUT2D eigenvalue weighted by Crippen LogP contribution is -2.12. The molecule has 7 heteroatoms. The highest BCUT2D eigenvalue weighted by Crippen LogP contribution is 2.27. The topological polar surface area (TPSA) is 86.5 Å². The Hall–Kier alpha value is -2.41. The van der Waals surface area contributed by atoms with Gasteiger partial charge in [-0.1, -0.05) is 23.8 Å². The molecule has 21 heavy (non-hydrogen) atoms. The normalized spacial score (nSPS) is 11.1. The van der Waals surface area contributed by atoms with Gasteiger partial charge in [-0.2, -0.15) is 8.42 Å². The molecule has 2 rings (SSSR count). The van der Waals surface area contributed by atoms with Crippen molar-refractivity contribution in [2.24, 2.45) is 0 Å². The highest BCUT2D eigenvalue weighted by Gasteiger charge is 2.24. The highest BCUT2D eigenvalue weighted by molar-refractivity contribution is 7.87. The summed E-state index contributed by atoms with van der Waals surface area (Å²) in [6, 6.07) is 10.3. The van der Waals surface area contributed by atoms with Crippen LogP contribution >= 0.6 is 0 Å². The number of nitro groups is 1. The Kier molecular flexibility index (Phi) is 3.95. The lowest BCUT2D eigenvalue weighted by atomic mass is 10.2. The Balaban J connectivity index is 2.42. The molecule has 0 spiro atoms. The van der Waals surface area contributed by atoms with Crippen LogP contribution in [0, 0.1) is 24.0 Å². The average Bonchev–Trinajstić information content (AvgIpc) is 2.41. The Bertz CT molecular complexity index is 782. The third kappa shape index (κ3) is 3.19. The van der Waals surface area contributed by atoms with Crippen LogP contribution in [0.2, 0.25) is 0 Å². The molecule has 0 aliphatic rings. The van der Waals surface area contributed by atoms with Gasteiger partial charge in [-0.15, -0.1) is 0 Å². The zero-order valence-corrected chi connectivity index (χ0v) is 12.3. The number of hydrogen-bond donors (Lipinski definition) is 0. The molecule has 0 bridgehead atoms. The van der Waals surface area contributed by atoms with E-state index < -0.39 is 15.0 Å². The SMILES string of the molecule is Cc1ccc(OS(=O)(=O)c2cccc([N+](=O)[O-])c2C)cc1. The fraction of sp³-hybridized carbons (Fsp3) is 0.143. The van der Waals surface area contributed by atoms with Crippen molar-refractivity contribution in [2.75, 3.05) is 0 Å². The summed E-state index contributed by atoms with van der Waals surface area (Å²) in [5.74, 6) is 0.159. The maximum Gasteiger partial charge on any atom is 0.339 e. The molecule has 2 aromatic rings. The van der Waals surface area contributed by atoms with Gasteiger partial charge in [0.25, 0.3) is 5.69 Å². The van der Waals surface area contributed by atoms with Crippen LogP contribution in [0.4, 0.5) is 5.69 Å². The molecule has 110 valence electrons. The summed E-state index contributed by atoms with van der Waals surface area (Å²) in [6.45, 7) is 3.24. The van der Waals surface area contributed by atoms with E-state index in [1.807, 2.05) is 6.92 Å². The minimum Gasteiger partial charge on any atom is -0.379 e. The van der Waals surface area contributed by atoms with E-state index in [9.17, 15) is 18.5 Å². The van der Waals surface area contributed by atoms with Crippen LogP contribution in [0.1, 0.15) is 11.1 Å². The minimum atomic E-state index is -4.12. The van der Waals surface area contributed by atoms with Crippen molar-refractivity contribution >= 4 is 15.8 Å². The molecule has 0 fully saturated rings. The fourth-order valence-corrected chi connectivity index (χ4v) is 3.02. The molecular weight excluding hydrogens is 294 g/mol. The van der Waals surface area contributed by atoms with Crippen LogP contribution in [-0.4, -0.2) is 13.3 Å². The van der Waals surface area contributed by atoms with Crippen LogP contribution in [0.15, 0.2) is 47.4 Å². The Morgan fingerprint density at radius 1 is 1.05 bits per heavy atom. The van der Waals surface area contributed by atoms with Crippen molar-refractivity contribution in [1.82, 2.24) is 0 Å². The molecule has 0 unspecified atom stereocenters. The molecule has 0 aliphatic heterocycles. The average molecular weight is 307 g/mol. The zero-order valence-electron chi connectivity index (χ0n) is 11.4. The van der Waals surface area contributed by atoms with Crippen molar-refractivity contribution in [1.29, 1.82) is 0 Å². The predicted molar refractivity (Wildman–Crippen MR) is 76.8 cm³/mol. The summed E-state index contributed by atoms with van der Waals surface area (Å²) >= 11 is 0. The third-order valence-electron chi connectivity index (χ3n) is 2.95. The molecule has 0 N–H and O–H groups in total. The molecule has 2 aromatic carbocycles. The van der Waals surface area contributed by atoms with Gasteiger partial charge in [-0.25, -0.2) is 0 Å². The number of hydrogen-bond acceptors (Lipinski definition) is 5. The highest BCUT2D eigenvalue weighted by atomic mass is 32.2. The van der Waals surface area contributed by atoms with Gasteiger partial charge < -0.3 is 4.18 Å². The minimum absolute atomic E-state index is 0.0506. The Morgan fingerprint density at radius 2 is 1.67 bits per heavy atom. The molecule has 0 aromatic heterocycles. The number of benzene rings is 2. The molecule has 6 nitrogen and oxygen atoms in total. The van der Waals surface area contributed by atoms with E-state index in [1.165, 1.54) is 37.3 Å². The zero-order chi connectivity index (χ0) is 15.6. The number of nitro benzene ring substituents is 1. The second-order valence-corrected chi connectivity index (χ2v) is 6.02. The first-order chi connectivity index (χ1) is 9.81. The second-order valence-electron chi connectivity index (χ2n) is 4.51. The van der Waals surface area contributed by atoms with E-state index in [0.29, 0.717) is 0 Å². The van der Waals surface area contributed by atoms with E-state index in [2.05, 4.69) is 0 Å². The van der Waals surface area contributed by atoms with Crippen molar-refractivity contribution in [3.8, 4) is 5.75 Å². The first kappa shape index (κ1) is 15.0. The summed E-state index contributed by atoms with van der Waals surface area (Å²) in [4.78, 5) is 10.0. The van der Waals surface area contributed by atoms with Gasteiger partial charge in [0.15, 0.2) is 0 Å². The van der Waals surface area contributed by atoms with Crippen LogP contribution in [0.3, 0.4) is 0 Å². The lowest BCUT2D eigenvalue weighted by molar-refractivity contribution is -0.385. The van der Waals surface area contributed by atoms with E-state index in [0.717, 1.165) is 5.56 Å². The summed E-state index contributed by atoms with van der Waals surface area (Å²) in [5.41, 5.74) is 0.754. The van der Waals surface area contributed by atoms with Crippen molar-refractivity contribution in [2.45, 2.75) is 18.7 Å². The van der Waals surface area contributed by atoms with Gasteiger partial charge in [-0.05, 0) is 32.0 Å². The molecule has 0 heterocycles. The maximum absolute atomic E-state index is 12.2. The quantitative estimate of drug-likeness (QED) is 0.492. The van der Waals surface area contributed by atoms with Crippen molar-refractivity contribution in [3.63, 3.8) is 0 Å². The monoisotopic (exact) mass is 307 g/mol.